The standard InChI is InChI=1S/C26H30N2O6S/c1-6-23(34-24-9-7-8-17(2)18(24)3)26(29)27-19-10-13-21(14-11-19)35(30,31)28-22-15-12-20(32-4)16-25(22)33-5/h7-16,23,28H,6H2,1-5H3,(H,27,29)/t23-/m0/s1. The van der Waals surface area contributed by atoms with E-state index in [4.69, 9.17) is 14.2 Å². The number of sulfonamides is 1. The molecule has 0 saturated carbocycles. The van der Waals surface area contributed by atoms with E-state index in [0.717, 1.165) is 11.1 Å². The molecule has 1 amide bonds. The summed E-state index contributed by atoms with van der Waals surface area (Å²) >= 11 is 0. The first-order valence-corrected chi connectivity index (χ1v) is 12.6. The Morgan fingerprint density at radius 3 is 2.29 bits per heavy atom. The van der Waals surface area contributed by atoms with E-state index in [2.05, 4.69) is 10.0 Å². The van der Waals surface area contributed by atoms with Crippen LogP contribution in [0.5, 0.6) is 17.2 Å². The minimum atomic E-state index is -3.89. The van der Waals surface area contributed by atoms with Gasteiger partial charge >= 0.3 is 0 Å². The van der Waals surface area contributed by atoms with E-state index >= 15 is 0 Å². The molecule has 0 bridgehead atoms. The number of carbonyl (C=O) groups excluding carboxylic acids is 1. The summed E-state index contributed by atoms with van der Waals surface area (Å²) in [5.74, 6) is 1.21. The summed E-state index contributed by atoms with van der Waals surface area (Å²) in [5.41, 5.74) is 2.80. The van der Waals surface area contributed by atoms with Crippen molar-refractivity contribution in [1.29, 1.82) is 0 Å². The lowest BCUT2D eigenvalue weighted by Gasteiger charge is -2.19. The number of aryl methyl sites for hydroxylation is 1. The van der Waals surface area contributed by atoms with Crippen molar-refractivity contribution in [2.24, 2.45) is 0 Å². The smallest absolute Gasteiger partial charge is 0.265 e. The van der Waals surface area contributed by atoms with Gasteiger partial charge in [0.15, 0.2) is 6.10 Å². The molecule has 3 aromatic carbocycles. The molecule has 0 fully saturated rings. The third-order valence-electron chi connectivity index (χ3n) is 5.57. The van der Waals surface area contributed by atoms with Crippen LogP contribution in [0.15, 0.2) is 65.6 Å². The third kappa shape index (κ3) is 6.24. The molecule has 1 atom stereocenters. The molecule has 0 aromatic heterocycles. The highest BCUT2D eigenvalue weighted by molar-refractivity contribution is 7.92. The first kappa shape index (κ1) is 25.9. The van der Waals surface area contributed by atoms with Crippen LogP contribution in [0, 0.1) is 13.8 Å². The number of hydrogen-bond donors (Lipinski definition) is 2. The molecule has 0 radical (unpaired) electrons. The second kappa shape index (κ2) is 11.1. The van der Waals surface area contributed by atoms with Crippen molar-refractivity contribution in [3.05, 3.63) is 71.8 Å². The van der Waals surface area contributed by atoms with Gasteiger partial charge in [0, 0.05) is 11.8 Å². The maximum atomic E-state index is 12.9. The van der Waals surface area contributed by atoms with E-state index in [1.807, 2.05) is 39.0 Å². The van der Waals surface area contributed by atoms with Crippen molar-refractivity contribution in [3.8, 4) is 17.2 Å². The van der Waals surface area contributed by atoms with Gasteiger partial charge in [0.25, 0.3) is 15.9 Å². The number of ether oxygens (including phenoxy) is 3. The van der Waals surface area contributed by atoms with E-state index in [0.29, 0.717) is 29.4 Å². The fourth-order valence-corrected chi connectivity index (χ4v) is 4.42. The fraction of sp³-hybridized carbons (Fsp3) is 0.269. The Hall–Kier alpha value is -3.72. The van der Waals surface area contributed by atoms with Gasteiger partial charge in [-0.2, -0.15) is 0 Å². The summed E-state index contributed by atoms with van der Waals surface area (Å²) in [5, 5.41) is 2.79. The minimum Gasteiger partial charge on any atom is -0.497 e. The first-order valence-electron chi connectivity index (χ1n) is 11.1. The summed E-state index contributed by atoms with van der Waals surface area (Å²) in [4.78, 5) is 12.8. The molecule has 35 heavy (non-hydrogen) atoms. The Labute approximate surface area is 206 Å². The van der Waals surface area contributed by atoms with Gasteiger partial charge in [-0.15, -0.1) is 0 Å². The molecule has 8 nitrogen and oxygen atoms in total. The second-order valence-corrected chi connectivity index (χ2v) is 9.58. The molecular formula is C26H30N2O6S. The summed E-state index contributed by atoms with van der Waals surface area (Å²) in [7, 11) is -0.936. The maximum Gasteiger partial charge on any atom is 0.265 e. The van der Waals surface area contributed by atoms with E-state index in [1.54, 1.807) is 18.2 Å². The van der Waals surface area contributed by atoms with Gasteiger partial charge in [0.05, 0.1) is 24.8 Å². The molecule has 186 valence electrons. The van der Waals surface area contributed by atoms with Crippen molar-refractivity contribution in [2.45, 2.75) is 38.2 Å². The number of rotatable bonds is 10. The molecule has 0 aliphatic rings. The van der Waals surface area contributed by atoms with Gasteiger partial charge in [0.1, 0.15) is 17.2 Å². The van der Waals surface area contributed by atoms with Crippen LogP contribution in [0.2, 0.25) is 0 Å². The van der Waals surface area contributed by atoms with Crippen molar-refractivity contribution < 1.29 is 27.4 Å². The van der Waals surface area contributed by atoms with Crippen LogP contribution in [0.1, 0.15) is 24.5 Å². The summed E-state index contributed by atoms with van der Waals surface area (Å²) in [6, 6.07) is 16.4. The molecule has 2 N–H and O–H groups in total. The van der Waals surface area contributed by atoms with Crippen LogP contribution < -0.4 is 24.2 Å². The normalized spacial score (nSPS) is 11.9. The van der Waals surface area contributed by atoms with Gasteiger partial charge in [-0.05, 0) is 73.9 Å². The molecule has 0 aliphatic carbocycles. The Morgan fingerprint density at radius 2 is 1.66 bits per heavy atom. The second-order valence-electron chi connectivity index (χ2n) is 7.90. The number of carbonyl (C=O) groups is 1. The molecule has 3 aromatic rings. The molecule has 0 unspecified atom stereocenters. The molecule has 0 saturated heterocycles. The van der Waals surface area contributed by atoms with E-state index in [-0.39, 0.29) is 16.5 Å². The van der Waals surface area contributed by atoms with Gasteiger partial charge < -0.3 is 19.5 Å². The van der Waals surface area contributed by atoms with Gasteiger partial charge in [-0.3, -0.25) is 9.52 Å². The van der Waals surface area contributed by atoms with E-state index in [1.165, 1.54) is 38.5 Å². The highest BCUT2D eigenvalue weighted by atomic mass is 32.2. The van der Waals surface area contributed by atoms with Crippen LogP contribution in [0.3, 0.4) is 0 Å². The number of methoxy groups -OCH3 is 2. The SMILES string of the molecule is CC[C@H](Oc1cccc(C)c1C)C(=O)Nc1ccc(S(=O)(=O)Nc2ccc(OC)cc2OC)cc1. The first-order chi connectivity index (χ1) is 16.7. The van der Waals surface area contributed by atoms with E-state index in [9.17, 15) is 13.2 Å². The Kier molecular flexibility index (Phi) is 8.24. The monoisotopic (exact) mass is 498 g/mol. The fourth-order valence-electron chi connectivity index (χ4n) is 3.35. The number of hydrogen-bond acceptors (Lipinski definition) is 6. The molecule has 0 heterocycles. The predicted octanol–water partition coefficient (Wildman–Crippen LogP) is 4.92. The zero-order valence-electron chi connectivity index (χ0n) is 20.4. The van der Waals surface area contributed by atoms with Gasteiger partial charge in [-0.1, -0.05) is 19.1 Å². The van der Waals surface area contributed by atoms with Crippen LogP contribution in [-0.2, 0) is 14.8 Å². The molecule has 0 spiro atoms. The quantitative estimate of drug-likeness (QED) is 0.411. The van der Waals surface area contributed by atoms with Crippen molar-refractivity contribution in [3.63, 3.8) is 0 Å². The van der Waals surface area contributed by atoms with Crippen LogP contribution in [0.4, 0.5) is 11.4 Å². The highest BCUT2D eigenvalue weighted by Crippen LogP contribution is 2.31. The number of amides is 1. The Morgan fingerprint density at radius 1 is 0.943 bits per heavy atom. The average Bonchev–Trinajstić information content (AvgIpc) is 2.85. The lowest BCUT2D eigenvalue weighted by Crippen LogP contribution is -2.32. The van der Waals surface area contributed by atoms with Crippen LogP contribution in [0.25, 0.3) is 0 Å². The van der Waals surface area contributed by atoms with E-state index < -0.39 is 16.1 Å². The summed E-state index contributed by atoms with van der Waals surface area (Å²) in [6.07, 6.45) is -0.220. The zero-order chi connectivity index (χ0) is 25.6. The molecule has 3 rings (SSSR count). The number of benzene rings is 3. The van der Waals surface area contributed by atoms with Crippen LogP contribution >= 0.6 is 0 Å². The minimum absolute atomic E-state index is 0.0343. The van der Waals surface area contributed by atoms with Crippen molar-refractivity contribution >= 4 is 27.3 Å². The van der Waals surface area contributed by atoms with Gasteiger partial charge in [0.2, 0.25) is 0 Å². The molecule has 0 aliphatic heterocycles. The third-order valence-corrected chi connectivity index (χ3v) is 6.95. The lowest BCUT2D eigenvalue weighted by molar-refractivity contribution is -0.122. The highest BCUT2D eigenvalue weighted by Gasteiger charge is 2.21. The average molecular weight is 499 g/mol. The van der Waals surface area contributed by atoms with Gasteiger partial charge in [-0.25, -0.2) is 8.42 Å². The maximum absolute atomic E-state index is 12.9. The Balaban J connectivity index is 1.71. The largest absolute Gasteiger partial charge is 0.497 e. The van der Waals surface area contributed by atoms with Crippen LogP contribution in [-0.4, -0.2) is 34.6 Å². The number of anilines is 2. The lowest BCUT2D eigenvalue weighted by atomic mass is 10.1. The van der Waals surface area contributed by atoms with Crippen molar-refractivity contribution in [1.82, 2.24) is 0 Å². The zero-order valence-corrected chi connectivity index (χ0v) is 21.2. The summed E-state index contributed by atoms with van der Waals surface area (Å²) in [6.45, 7) is 5.80. The molecule has 9 heteroatoms. The predicted molar refractivity (Wildman–Crippen MR) is 136 cm³/mol. The molecular weight excluding hydrogens is 468 g/mol. The van der Waals surface area contributed by atoms with Crippen molar-refractivity contribution in [2.75, 3.05) is 24.3 Å². The Bertz CT molecular complexity index is 1290. The number of nitrogens with one attached hydrogen (secondary N) is 2. The topological polar surface area (TPSA) is 103 Å². The summed E-state index contributed by atoms with van der Waals surface area (Å²) < 4.78 is 44.6.